The van der Waals surface area contributed by atoms with Gasteiger partial charge in [0.1, 0.15) is 17.2 Å². The summed E-state index contributed by atoms with van der Waals surface area (Å²) in [5.74, 6) is 1.83. The molecular formula is C46H62N2O4. The van der Waals surface area contributed by atoms with Crippen LogP contribution in [0.1, 0.15) is 112 Å². The van der Waals surface area contributed by atoms with E-state index >= 15 is 0 Å². The van der Waals surface area contributed by atoms with Gasteiger partial charge in [0.2, 0.25) is 0 Å². The molecule has 0 spiro atoms. The molecule has 52 heavy (non-hydrogen) atoms. The summed E-state index contributed by atoms with van der Waals surface area (Å²) < 4.78 is 6.39. The fourth-order valence-corrected chi connectivity index (χ4v) is 7.30. The van der Waals surface area contributed by atoms with Crippen molar-refractivity contribution in [3.05, 3.63) is 100 Å². The summed E-state index contributed by atoms with van der Waals surface area (Å²) in [5, 5.41) is 35.0. The normalized spacial score (nSPS) is 13.0. The number of rotatable bonds is 16. The van der Waals surface area contributed by atoms with Gasteiger partial charge in [0.05, 0.1) is 0 Å². The zero-order chi connectivity index (χ0) is 36.9. The Labute approximate surface area is 313 Å². The van der Waals surface area contributed by atoms with Crippen LogP contribution in [0.3, 0.4) is 0 Å². The van der Waals surface area contributed by atoms with E-state index in [1.807, 2.05) is 30.3 Å². The number of unbranched alkanes of at least 4 members (excludes halogenated alkanes) is 4. The fourth-order valence-electron chi connectivity index (χ4n) is 7.30. The highest BCUT2D eigenvalue weighted by Crippen LogP contribution is 2.42. The van der Waals surface area contributed by atoms with Crippen LogP contribution in [0.2, 0.25) is 0 Å². The standard InChI is InChI=1S/C46H62N2O4/c1-5-9-25-47(26-10-6-2)32-38-21-20-37-19-15-34-16-22-40(23-17-34)52-43-31-36(14-13-35-18-24-41(42(49)30-35)44(37)46(38)51)29-39(45(43)50)33-48(27-11-7-3)28-12-8-4/h16-18,20-24,29-31,49-51H,5-15,19,25-28,32-33H2,1-4H3. The van der Waals surface area contributed by atoms with Crippen molar-refractivity contribution in [3.63, 3.8) is 0 Å². The lowest BCUT2D eigenvalue weighted by atomic mass is 9.90. The molecule has 6 nitrogen and oxygen atoms in total. The number of hydrogen-bond donors (Lipinski definition) is 3. The van der Waals surface area contributed by atoms with E-state index < -0.39 is 0 Å². The summed E-state index contributed by atoms with van der Waals surface area (Å²) in [6.07, 6.45) is 12.0. The quantitative estimate of drug-likeness (QED) is 0.108. The summed E-state index contributed by atoms with van der Waals surface area (Å²) >= 11 is 0. The molecule has 0 amide bonds. The molecule has 6 bridgehead atoms. The highest BCUT2D eigenvalue weighted by molar-refractivity contribution is 5.80. The first-order valence-electron chi connectivity index (χ1n) is 20.1. The third kappa shape index (κ3) is 10.5. The van der Waals surface area contributed by atoms with Gasteiger partial charge in [0, 0.05) is 35.3 Å². The van der Waals surface area contributed by atoms with Crippen LogP contribution in [-0.4, -0.2) is 51.3 Å². The third-order valence-electron chi connectivity index (χ3n) is 10.5. The number of hydrogen-bond acceptors (Lipinski definition) is 6. The van der Waals surface area contributed by atoms with Gasteiger partial charge in [0.15, 0.2) is 11.5 Å². The van der Waals surface area contributed by atoms with E-state index in [1.54, 1.807) is 0 Å². The Bertz CT molecular complexity index is 1700. The number of phenols is 3. The van der Waals surface area contributed by atoms with Crippen molar-refractivity contribution in [1.29, 1.82) is 0 Å². The monoisotopic (exact) mass is 706 g/mol. The lowest BCUT2D eigenvalue weighted by Gasteiger charge is -2.24. The molecule has 0 aliphatic carbocycles. The average Bonchev–Trinajstić information content (AvgIpc) is 3.15. The SMILES string of the molecule is CCCCN(CCCC)Cc1cc2cc(c1O)Oc1ccc(cc1)CCc1ccc(CN(CCCC)CCCC)c(O)c1-c1ccc(cc1O)CC2. The fraction of sp³-hybridized carbons (Fsp3) is 0.478. The second-order valence-corrected chi connectivity index (χ2v) is 14.8. The molecule has 0 unspecified atom stereocenters. The van der Waals surface area contributed by atoms with Crippen molar-refractivity contribution in [3.8, 4) is 39.9 Å². The van der Waals surface area contributed by atoms with Crippen LogP contribution in [0.15, 0.2) is 66.7 Å². The molecule has 6 heteroatoms. The van der Waals surface area contributed by atoms with Crippen LogP contribution in [-0.2, 0) is 38.8 Å². The van der Waals surface area contributed by atoms with E-state index in [0.29, 0.717) is 43.0 Å². The summed E-state index contributed by atoms with van der Waals surface area (Å²) in [6, 6.07) is 22.3. The highest BCUT2D eigenvalue weighted by Gasteiger charge is 2.21. The predicted octanol–water partition coefficient (Wildman–Crippen LogP) is 11.0. The Kier molecular flexibility index (Phi) is 14.9. The third-order valence-corrected chi connectivity index (χ3v) is 10.5. The molecule has 0 saturated carbocycles. The van der Waals surface area contributed by atoms with Crippen molar-refractivity contribution in [1.82, 2.24) is 9.80 Å². The van der Waals surface area contributed by atoms with Crippen LogP contribution in [0.5, 0.6) is 28.7 Å². The van der Waals surface area contributed by atoms with E-state index in [2.05, 4.69) is 73.9 Å². The average molecular weight is 707 g/mol. The van der Waals surface area contributed by atoms with Gasteiger partial charge in [0.25, 0.3) is 0 Å². The number of phenolic OH excluding ortho intramolecular Hbond substituents is 3. The minimum atomic E-state index is 0.184. The maximum atomic E-state index is 11.9. The van der Waals surface area contributed by atoms with E-state index in [-0.39, 0.29) is 17.2 Å². The number of aromatic hydroxyl groups is 3. The van der Waals surface area contributed by atoms with Crippen molar-refractivity contribution in [2.24, 2.45) is 0 Å². The Balaban J connectivity index is 1.51. The Morgan fingerprint density at radius 1 is 0.538 bits per heavy atom. The lowest BCUT2D eigenvalue weighted by molar-refractivity contribution is 0.252. The van der Waals surface area contributed by atoms with Crippen molar-refractivity contribution in [2.75, 3.05) is 26.2 Å². The van der Waals surface area contributed by atoms with Crippen molar-refractivity contribution < 1.29 is 20.1 Å². The summed E-state index contributed by atoms with van der Waals surface area (Å²) in [4.78, 5) is 4.91. The topological polar surface area (TPSA) is 76.4 Å². The molecule has 0 radical (unpaired) electrons. The Morgan fingerprint density at radius 2 is 1.10 bits per heavy atom. The molecule has 3 N–H and O–H groups in total. The van der Waals surface area contributed by atoms with E-state index in [4.69, 9.17) is 4.74 Å². The number of benzene rings is 4. The van der Waals surface area contributed by atoms with Gasteiger partial charge in [-0.15, -0.1) is 0 Å². The van der Waals surface area contributed by atoms with Crippen LogP contribution in [0.25, 0.3) is 11.1 Å². The van der Waals surface area contributed by atoms with E-state index in [9.17, 15) is 15.3 Å². The molecule has 0 saturated heterocycles. The Morgan fingerprint density at radius 3 is 1.69 bits per heavy atom. The first-order chi connectivity index (χ1) is 25.3. The first-order valence-corrected chi connectivity index (χ1v) is 20.1. The smallest absolute Gasteiger partial charge is 0.169 e. The maximum absolute atomic E-state index is 11.9. The molecule has 0 fully saturated rings. The molecule has 4 aromatic carbocycles. The molecule has 4 aromatic rings. The van der Waals surface area contributed by atoms with Gasteiger partial charge in [-0.05, 0) is 124 Å². The van der Waals surface area contributed by atoms with Crippen LogP contribution in [0.4, 0.5) is 0 Å². The molecule has 0 atom stereocenters. The largest absolute Gasteiger partial charge is 0.507 e. The van der Waals surface area contributed by atoms with Gasteiger partial charge >= 0.3 is 0 Å². The van der Waals surface area contributed by atoms with Crippen LogP contribution < -0.4 is 4.74 Å². The molecule has 4 aliphatic rings. The second-order valence-electron chi connectivity index (χ2n) is 14.8. The van der Waals surface area contributed by atoms with Crippen LogP contribution >= 0.6 is 0 Å². The lowest BCUT2D eigenvalue weighted by Crippen LogP contribution is -2.25. The van der Waals surface area contributed by atoms with Gasteiger partial charge in [-0.1, -0.05) is 95.8 Å². The predicted molar refractivity (Wildman–Crippen MR) is 215 cm³/mol. The molecule has 4 aliphatic heterocycles. The molecule has 280 valence electrons. The van der Waals surface area contributed by atoms with Gasteiger partial charge in [-0.2, -0.15) is 0 Å². The molecule has 4 heterocycles. The maximum Gasteiger partial charge on any atom is 0.169 e. The summed E-state index contributed by atoms with van der Waals surface area (Å²) in [5.41, 5.74) is 7.45. The summed E-state index contributed by atoms with van der Waals surface area (Å²) in [6.45, 7) is 14.2. The highest BCUT2D eigenvalue weighted by atomic mass is 16.5. The molecular weight excluding hydrogens is 645 g/mol. The molecule has 0 aromatic heterocycles. The van der Waals surface area contributed by atoms with Gasteiger partial charge in [-0.25, -0.2) is 0 Å². The minimum Gasteiger partial charge on any atom is -0.507 e. The Hall–Kier alpha value is -4.00. The minimum absolute atomic E-state index is 0.184. The van der Waals surface area contributed by atoms with E-state index in [1.165, 1.54) is 0 Å². The van der Waals surface area contributed by atoms with Gasteiger partial charge < -0.3 is 20.1 Å². The number of aryl methyl sites for hydroxylation is 4. The van der Waals surface area contributed by atoms with Gasteiger partial charge in [-0.3, -0.25) is 9.80 Å². The van der Waals surface area contributed by atoms with Crippen molar-refractivity contribution in [2.45, 2.75) is 118 Å². The molecule has 8 rings (SSSR count). The summed E-state index contributed by atoms with van der Waals surface area (Å²) in [7, 11) is 0. The van der Waals surface area contributed by atoms with Crippen molar-refractivity contribution >= 4 is 0 Å². The zero-order valence-electron chi connectivity index (χ0n) is 32.2. The second kappa shape index (κ2) is 19.7. The zero-order valence-corrected chi connectivity index (χ0v) is 32.2. The van der Waals surface area contributed by atoms with E-state index in [0.717, 1.165) is 129 Å². The first kappa shape index (κ1) is 39.2. The number of ether oxygens (including phenoxy) is 1. The van der Waals surface area contributed by atoms with Crippen LogP contribution in [0, 0.1) is 0 Å². The number of nitrogens with zero attached hydrogens (tertiary/aromatic N) is 2.